The third kappa shape index (κ3) is 4.28. The molecule has 0 spiro atoms. The fourth-order valence-corrected chi connectivity index (χ4v) is 3.09. The van der Waals surface area contributed by atoms with Crippen LogP contribution in [0.3, 0.4) is 0 Å². The topological polar surface area (TPSA) is 75.5 Å². The van der Waals surface area contributed by atoms with Gasteiger partial charge in [0.1, 0.15) is 0 Å². The van der Waals surface area contributed by atoms with Crippen molar-refractivity contribution in [3.8, 4) is 0 Å². The Hall–Kier alpha value is -1.95. The maximum Gasteiger partial charge on any atom is 0.272 e. The summed E-state index contributed by atoms with van der Waals surface area (Å²) >= 11 is 0. The summed E-state index contributed by atoms with van der Waals surface area (Å²) in [5, 5.41) is 13.9. The summed E-state index contributed by atoms with van der Waals surface area (Å²) in [6, 6.07) is 2.96. The van der Waals surface area contributed by atoms with Crippen LogP contribution in [0.15, 0.2) is 12.1 Å². The van der Waals surface area contributed by atoms with E-state index in [2.05, 4.69) is 17.3 Å². The lowest BCUT2D eigenvalue weighted by Gasteiger charge is -2.28. The second-order valence-electron chi connectivity index (χ2n) is 6.43. The predicted octanol–water partition coefficient (Wildman–Crippen LogP) is 2.67. The number of piperidine rings is 1. The van der Waals surface area contributed by atoms with Crippen LogP contribution in [0.4, 0.5) is 5.69 Å². The normalized spacial score (nSPS) is 16.3. The summed E-state index contributed by atoms with van der Waals surface area (Å²) in [7, 11) is 2.14. The van der Waals surface area contributed by atoms with Gasteiger partial charge in [-0.2, -0.15) is 0 Å². The van der Waals surface area contributed by atoms with E-state index < -0.39 is 4.92 Å². The van der Waals surface area contributed by atoms with E-state index >= 15 is 0 Å². The minimum absolute atomic E-state index is 0.0605. The average Bonchev–Trinajstić information content (AvgIpc) is 2.51. The Bertz CT molecular complexity index is 593. The van der Waals surface area contributed by atoms with Crippen LogP contribution in [-0.2, 0) is 0 Å². The molecule has 23 heavy (non-hydrogen) atoms. The zero-order valence-corrected chi connectivity index (χ0v) is 14.1. The third-order valence-electron chi connectivity index (χ3n) is 4.88. The van der Waals surface area contributed by atoms with Gasteiger partial charge in [-0.1, -0.05) is 0 Å². The van der Waals surface area contributed by atoms with Gasteiger partial charge in [-0.05, 0) is 70.8 Å². The van der Waals surface area contributed by atoms with E-state index in [1.807, 2.05) is 0 Å². The molecule has 126 valence electrons. The average molecular weight is 319 g/mol. The van der Waals surface area contributed by atoms with Gasteiger partial charge in [0.2, 0.25) is 0 Å². The lowest BCUT2D eigenvalue weighted by atomic mass is 9.94. The standard InChI is InChI=1S/C17H25N3O3/c1-12-13(2)16(20(22)23)5-4-15(12)17(21)18-9-6-14-7-10-19(3)11-8-14/h4-5,14H,6-11H2,1-3H3,(H,18,21). The first-order valence-electron chi connectivity index (χ1n) is 8.11. The van der Waals surface area contributed by atoms with Crippen molar-refractivity contribution in [3.63, 3.8) is 0 Å². The molecule has 0 aromatic heterocycles. The molecule has 6 heteroatoms. The van der Waals surface area contributed by atoms with Gasteiger partial charge in [0.25, 0.3) is 11.6 Å². The minimum Gasteiger partial charge on any atom is -0.352 e. The molecule has 1 aliphatic heterocycles. The zero-order chi connectivity index (χ0) is 17.0. The van der Waals surface area contributed by atoms with Gasteiger partial charge in [0.15, 0.2) is 0 Å². The quantitative estimate of drug-likeness (QED) is 0.669. The van der Waals surface area contributed by atoms with E-state index in [1.165, 1.54) is 18.9 Å². The summed E-state index contributed by atoms with van der Waals surface area (Å²) in [5.74, 6) is 0.527. The highest BCUT2D eigenvalue weighted by molar-refractivity contribution is 5.96. The van der Waals surface area contributed by atoms with E-state index in [9.17, 15) is 14.9 Å². The number of nitrogens with one attached hydrogen (secondary N) is 1. The summed E-state index contributed by atoms with van der Waals surface area (Å²) in [4.78, 5) is 25.1. The molecule has 1 saturated heterocycles. The molecule has 1 amide bonds. The number of nitro benzene ring substituents is 1. The fraction of sp³-hybridized carbons (Fsp3) is 0.588. The summed E-state index contributed by atoms with van der Waals surface area (Å²) in [5.41, 5.74) is 1.82. The van der Waals surface area contributed by atoms with E-state index in [1.54, 1.807) is 19.9 Å². The molecular formula is C17H25N3O3. The monoisotopic (exact) mass is 319 g/mol. The first-order valence-corrected chi connectivity index (χ1v) is 8.11. The summed E-state index contributed by atoms with van der Waals surface area (Å²) in [6.07, 6.45) is 3.36. The molecule has 0 aliphatic carbocycles. The Morgan fingerprint density at radius 3 is 2.57 bits per heavy atom. The van der Waals surface area contributed by atoms with E-state index in [0.717, 1.165) is 19.5 Å². The Balaban J connectivity index is 1.91. The fourth-order valence-electron chi connectivity index (χ4n) is 3.09. The molecule has 1 fully saturated rings. The van der Waals surface area contributed by atoms with Crippen molar-refractivity contribution < 1.29 is 9.72 Å². The van der Waals surface area contributed by atoms with Gasteiger partial charge in [-0.15, -0.1) is 0 Å². The van der Waals surface area contributed by atoms with Gasteiger partial charge >= 0.3 is 0 Å². The van der Waals surface area contributed by atoms with Crippen molar-refractivity contribution in [1.82, 2.24) is 10.2 Å². The number of rotatable bonds is 5. The van der Waals surface area contributed by atoms with Gasteiger partial charge in [0, 0.05) is 23.7 Å². The maximum absolute atomic E-state index is 12.3. The molecule has 1 aromatic rings. The van der Waals surface area contributed by atoms with Crippen LogP contribution in [0, 0.1) is 29.9 Å². The summed E-state index contributed by atoms with van der Waals surface area (Å²) < 4.78 is 0. The SMILES string of the molecule is Cc1c(C(=O)NCCC2CCN(C)CC2)ccc([N+](=O)[O-])c1C. The maximum atomic E-state index is 12.3. The number of benzene rings is 1. The smallest absolute Gasteiger partial charge is 0.272 e. The molecule has 0 radical (unpaired) electrons. The van der Waals surface area contributed by atoms with Crippen molar-refractivity contribution in [3.05, 3.63) is 38.9 Å². The van der Waals surface area contributed by atoms with Crippen LogP contribution in [0.25, 0.3) is 0 Å². The van der Waals surface area contributed by atoms with Crippen molar-refractivity contribution in [2.75, 3.05) is 26.7 Å². The third-order valence-corrected chi connectivity index (χ3v) is 4.88. The van der Waals surface area contributed by atoms with Crippen molar-refractivity contribution >= 4 is 11.6 Å². The lowest BCUT2D eigenvalue weighted by Crippen LogP contribution is -2.32. The van der Waals surface area contributed by atoms with Crippen LogP contribution < -0.4 is 5.32 Å². The van der Waals surface area contributed by atoms with Crippen molar-refractivity contribution in [1.29, 1.82) is 0 Å². The number of hydrogen-bond donors (Lipinski definition) is 1. The predicted molar refractivity (Wildman–Crippen MR) is 89.7 cm³/mol. The van der Waals surface area contributed by atoms with Crippen LogP contribution in [0.5, 0.6) is 0 Å². The minimum atomic E-state index is -0.413. The second kappa shape index (κ2) is 7.55. The molecular weight excluding hydrogens is 294 g/mol. The second-order valence-corrected chi connectivity index (χ2v) is 6.43. The van der Waals surface area contributed by atoms with Crippen molar-refractivity contribution in [2.45, 2.75) is 33.1 Å². The van der Waals surface area contributed by atoms with E-state index in [-0.39, 0.29) is 11.6 Å². The van der Waals surface area contributed by atoms with E-state index in [0.29, 0.717) is 29.2 Å². The number of hydrogen-bond acceptors (Lipinski definition) is 4. The van der Waals surface area contributed by atoms with Crippen LogP contribution >= 0.6 is 0 Å². The first-order chi connectivity index (χ1) is 10.9. The van der Waals surface area contributed by atoms with Crippen LogP contribution in [0.1, 0.15) is 40.7 Å². The number of nitro groups is 1. The Kier molecular flexibility index (Phi) is 5.71. The number of carbonyl (C=O) groups is 1. The lowest BCUT2D eigenvalue weighted by molar-refractivity contribution is -0.385. The molecule has 0 unspecified atom stereocenters. The molecule has 1 N–H and O–H groups in total. The molecule has 0 bridgehead atoms. The van der Waals surface area contributed by atoms with Gasteiger partial charge in [-0.3, -0.25) is 14.9 Å². The molecule has 2 rings (SSSR count). The highest BCUT2D eigenvalue weighted by Gasteiger charge is 2.19. The molecule has 1 aromatic carbocycles. The highest BCUT2D eigenvalue weighted by Crippen LogP contribution is 2.24. The van der Waals surface area contributed by atoms with Crippen LogP contribution in [0.2, 0.25) is 0 Å². The zero-order valence-electron chi connectivity index (χ0n) is 14.1. The number of carbonyl (C=O) groups excluding carboxylic acids is 1. The molecule has 1 aliphatic rings. The Morgan fingerprint density at radius 2 is 1.96 bits per heavy atom. The highest BCUT2D eigenvalue weighted by atomic mass is 16.6. The summed E-state index contributed by atoms with van der Waals surface area (Å²) in [6.45, 7) is 6.35. The van der Waals surface area contributed by atoms with Gasteiger partial charge < -0.3 is 10.2 Å². The van der Waals surface area contributed by atoms with Gasteiger partial charge in [-0.25, -0.2) is 0 Å². The molecule has 6 nitrogen and oxygen atoms in total. The van der Waals surface area contributed by atoms with E-state index in [4.69, 9.17) is 0 Å². The number of nitrogens with zero attached hydrogens (tertiary/aromatic N) is 2. The molecule has 1 heterocycles. The Labute approximate surface area is 137 Å². The molecule has 0 saturated carbocycles. The number of amides is 1. The number of likely N-dealkylation sites (tertiary alicyclic amines) is 1. The van der Waals surface area contributed by atoms with Gasteiger partial charge in [0.05, 0.1) is 4.92 Å². The Morgan fingerprint density at radius 1 is 1.30 bits per heavy atom. The van der Waals surface area contributed by atoms with Crippen LogP contribution in [-0.4, -0.2) is 42.4 Å². The van der Waals surface area contributed by atoms with Crippen molar-refractivity contribution in [2.24, 2.45) is 5.92 Å². The largest absolute Gasteiger partial charge is 0.352 e. The molecule has 0 atom stereocenters. The first kappa shape index (κ1) is 17.4.